The van der Waals surface area contributed by atoms with Gasteiger partial charge in [-0.15, -0.1) is 0 Å². The summed E-state index contributed by atoms with van der Waals surface area (Å²) in [6, 6.07) is 5.26. The summed E-state index contributed by atoms with van der Waals surface area (Å²) in [5.74, 6) is -0.570. The van der Waals surface area contributed by atoms with Crippen LogP contribution in [0.5, 0.6) is 11.5 Å². The monoisotopic (exact) mass is 352 g/mol. The number of ether oxygens (including phenoxy) is 2. The fourth-order valence-electron chi connectivity index (χ4n) is 2.08. The molecule has 0 bridgehead atoms. The molecule has 0 unspecified atom stereocenters. The molecule has 1 aromatic rings. The van der Waals surface area contributed by atoms with Crippen LogP contribution in [0.15, 0.2) is 24.3 Å². The summed E-state index contributed by atoms with van der Waals surface area (Å²) in [7, 11) is 3.04. The van der Waals surface area contributed by atoms with E-state index in [9.17, 15) is 9.59 Å². The van der Waals surface area contributed by atoms with Gasteiger partial charge in [-0.1, -0.05) is 44.7 Å². The number of carboxylic acid groups (broad SMARTS) is 2. The highest BCUT2D eigenvalue weighted by molar-refractivity contribution is 5.86. The molecular formula is C19H28O6. The number of rotatable bonds is 10. The molecule has 25 heavy (non-hydrogen) atoms. The molecule has 0 aliphatic rings. The minimum atomic E-state index is -1.00. The molecule has 2 N–H and O–H groups in total. The fourth-order valence-corrected chi connectivity index (χ4v) is 2.08. The first-order valence-corrected chi connectivity index (χ1v) is 8.30. The zero-order chi connectivity index (χ0) is 19.1. The fraction of sp³-hybridized carbons (Fsp3) is 0.474. The second-order valence-corrected chi connectivity index (χ2v) is 5.31. The maximum atomic E-state index is 10.4. The molecule has 1 rings (SSSR count). The van der Waals surface area contributed by atoms with Crippen LogP contribution in [0.3, 0.4) is 0 Å². The third-order valence-electron chi connectivity index (χ3n) is 3.33. The van der Waals surface area contributed by atoms with Gasteiger partial charge in [0.1, 0.15) is 0 Å². The van der Waals surface area contributed by atoms with Crippen molar-refractivity contribution in [2.75, 3.05) is 14.2 Å². The maximum absolute atomic E-state index is 10.4. The van der Waals surface area contributed by atoms with E-state index in [1.165, 1.54) is 39.6 Å². The first-order valence-electron chi connectivity index (χ1n) is 8.30. The molecule has 0 aliphatic heterocycles. The smallest absolute Gasteiger partial charge is 0.328 e. The van der Waals surface area contributed by atoms with Crippen molar-refractivity contribution >= 4 is 18.0 Å². The Kier molecular flexibility index (Phi) is 12.5. The Balaban J connectivity index is 0.000000504. The van der Waals surface area contributed by atoms with Crippen molar-refractivity contribution in [3.05, 3.63) is 29.8 Å². The first kappa shape index (κ1) is 22.5. The Labute approximate surface area is 149 Å². The maximum Gasteiger partial charge on any atom is 0.328 e. The Bertz CT molecular complexity index is 551. The summed E-state index contributed by atoms with van der Waals surface area (Å²) in [6.45, 7) is 2.15. The lowest BCUT2D eigenvalue weighted by atomic mass is 10.1. The molecule has 0 saturated heterocycles. The summed E-state index contributed by atoms with van der Waals surface area (Å²) in [5, 5.41) is 16.8. The summed E-state index contributed by atoms with van der Waals surface area (Å²) in [6.07, 6.45) is 8.40. The van der Waals surface area contributed by atoms with E-state index >= 15 is 0 Å². The summed E-state index contributed by atoms with van der Waals surface area (Å²) in [4.78, 5) is 20.4. The van der Waals surface area contributed by atoms with E-state index in [4.69, 9.17) is 19.7 Å². The lowest BCUT2D eigenvalue weighted by Gasteiger charge is -2.09. The summed E-state index contributed by atoms with van der Waals surface area (Å²) >= 11 is 0. The van der Waals surface area contributed by atoms with Crippen molar-refractivity contribution in [2.45, 2.75) is 45.4 Å². The van der Waals surface area contributed by atoms with Crippen LogP contribution in [-0.2, 0) is 9.59 Å². The van der Waals surface area contributed by atoms with E-state index < -0.39 is 11.9 Å². The van der Waals surface area contributed by atoms with E-state index in [0.717, 1.165) is 18.9 Å². The van der Waals surface area contributed by atoms with Gasteiger partial charge in [-0.05, 0) is 18.6 Å². The molecule has 0 fully saturated rings. The number of unbranched alkanes of at least 4 members (excludes halogenated alkanes) is 4. The average molecular weight is 352 g/mol. The second-order valence-electron chi connectivity index (χ2n) is 5.31. The Morgan fingerprint density at radius 3 is 2.24 bits per heavy atom. The molecule has 0 saturated carbocycles. The van der Waals surface area contributed by atoms with E-state index in [-0.39, 0.29) is 0 Å². The zero-order valence-corrected chi connectivity index (χ0v) is 15.2. The van der Waals surface area contributed by atoms with Gasteiger partial charge in [-0.3, -0.25) is 4.79 Å². The van der Waals surface area contributed by atoms with E-state index in [1.54, 1.807) is 18.2 Å². The van der Waals surface area contributed by atoms with Crippen LogP contribution in [0.1, 0.15) is 51.0 Å². The van der Waals surface area contributed by atoms with Crippen LogP contribution < -0.4 is 9.47 Å². The van der Waals surface area contributed by atoms with Crippen LogP contribution in [0.4, 0.5) is 0 Å². The SMILES string of the molecule is CCCCCCCC(=O)O.COc1cccc(/C=C/C(=O)O)c1OC. The highest BCUT2D eigenvalue weighted by Gasteiger charge is 2.06. The molecule has 1 aromatic carbocycles. The van der Waals surface area contributed by atoms with Crippen molar-refractivity contribution in [3.8, 4) is 11.5 Å². The van der Waals surface area contributed by atoms with Gasteiger partial charge in [0.05, 0.1) is 14.2 Å². The number of hydrogen-bond acceptors (Lipinski definition) is 4. The van der Waals surface area contributed by atoms with E-state index in [2.05, 4.69) is 6.92 Å². The van der Waals surface area contributed by atoms with Crippen LogP contribution in [0.2, 0.25) is 0 Å². The van der Waals surface area contributed by atoms with Gasteiger partial charge in [0.25, 0.3) is 0 Å². The van der Waals surface area contributed by atoms with Gasteiger partial charge in [-0.2, -0.15) is 0 Å². The minimum absolute atomic E-state index is 0.337. The van der Waals surface area contributed by atoms with Crippen LogP contribution in [0, 0.1) is 0 Å². The van der Waals surface area contributed by atoms with Gasteiger partial charge in [0.2, 0.25) is 0 Å². The molecule has 0 aromatic heterocycles. The minimum Gasteiger partial charge on any atom is -0.493 e. The normalized spacial score (nSPS) is 10.0. The molecule has 0 radical (unpaired) electrons. The zero-order valence-electron chi connectivity index (χ0n) is 15.2. The van der Waals surface area contributed by atoms with Gasteiger partial charge in [-0.25, -0.2) is 4.79 Å². The number of carbonyl (C=O) groups is 2. The quantitative estimate of drug-likeness (QED) is 0.483. The third kappa shape index (κ3) is 10.8. The average Bonchev–Trinajstić information content (AvgIpc) is 2.59. The highest BCUT2D eigenvalue weighted by Crippen LogP contribution is 2.31. The van der Waals surface area contributed by atoms with Gasteiger partial charge < -0.3 is 19.7 Å². The van der Waals surface area contributed by atoms with Gasteiger partial charge in [0.15, 0.2) is 11.5 Å². The lowest BCUT2D eigenvalue weighted by molar-refractivity contribution is -0.137. The second kappa shape index (κ2) is 13.9. The van der Waals surface area contributed by atoms with Gasteiger partial charge >= 0.3 is 11.9 Å². The van der Waals surface area contributed by atoms with Crippen molar-refractivity contribution in [1.29, 1.82) is 0 Å². The van der Waals surface area contributed by atoms with Crippen molar-refractivity contribution in [1.82, 2.24) is 0 Å². The van der Waals surface area contributed by atoms with Crippen LogP contribution in [-0.4, -0.2) is 36.4 Å². The van der Waals surface area contributed by atoms with Gasteiger partial charge in [0, 0.05) is 18.1 Å². The largest absolute Gasteiger partial charge is 0.493 e. The summed E-state index contributed by atoms with van der Waals surface area (Å²) < 4.78 is 10.2. The molecule has 6 heteroatoms. The van der Waals surface area contributed by atoms with Crippen molar-refractivity contribution in [3.63, 3.8) is 0 Å². The summed E-state index contributed by atoms with van der Waals surface area (Å²) in [5.41, 5.74) is 0.666. The lowest BCUT2D eigenvalue weighted by Crippen LogP contribution is -1.93. The predicted octanol–water partition coefficient (Wildman–Crippen LogP) is 4.23. The number of methoxy groups -OCH3 is 2. The number of carboxylic acids is 2. The molecule has 0 atom stereocenters. The molecule has 140 valence electrons. The highest BCUT2D eigenvalue weighted by atomic mass is 16.5. The third-order valence-corrected chi connectivity index (χ3v) is 3.33. The van der Waals surface area contributed by atoms with Crippen molar-refractivity contribution in [2.24, 2.45) is 0 Å². The standard InChI is InChI=1S/C11H12O4.C8H16O2/c1-14-9-5-3-4-8(11(9)15-2)6-7-10(12)13;1-2-3-4-5-6-7-8(9)10/h3-7H,1-2H3,(H,12,13);2-7H2,1H3,(H,9,10)/b7-6+;. The Morgan fingerprint density at radius 2 is 1.72 bits per heavy atom. The molecule has 0 spiro atoms. The number of aliphatic carboxylic acids is 2. The van der Waals surface area contributed by atoms with Crippen LogP contribution >= 0.6 is 0 Å². The molecule has 0 amide bonds. The number of para-hydroxylation sites is 1. The Hall–Kier alpha value is -2.50. The first-order chi connectivity index (χ1) is 12.0. The molecule has 0 aliphatic carbocycles. The number of hydrogen-bond donors (Lipinski definition) is 2. The topological polar surface area (TPSA) is 93.1 Å². The molecule has 6 nitrogen and oxygen atoms in total. The predicted molar refractivity (Wildman–Crippen MR) is 97.2 cm³/mol. The Morgan fingerprint density at radius 1 is 1.04 bits per heavy atom. The van der Waals surface area contributed by atoms with Crippen molar-refractivity contribution < 1.29 is 29.3 Å². The van der Waals surface area contributed by atoms with E-state index in [0.29, 0.717) is 23.5 Å². The molecule has 0 heterocycles. The van der Waals surface area contributed by atoms with E-state index in [1.807, 2.05) is 0 Å². The van der Waals surface area contributed by atoms with Crippen LogP contribution in [0.25, 0.3) is 6.08 Å². The molecular weight excluding hydrogens is 324 g/mol. The number of benzene rings is 1.